The van der Waals surface area contributed by atoms with Crippen LogP contribution < -0.4 is 5.32 Å². The van der Waals surface area contributed by atoms with Crippen LogP contribution in [0.15, 0.2) is 0 Å². The van der Waals surface area contributed by atoms with Crippen LogP contribution in [0.4, 0.5) is 0 Å². The molecule has 0 amide bonds. The van der Waals surface area contributed by atoms with Gasteiger partial charge in [-0.2, -0.15) is 0 Å². The van der Waals surface area contributed by atoms with Crippen LogP contribution in [0.2, 0.25) is 0 Å². The molecule has 2 aliphatic rings. The number of hydrogen-bond donors (Lipinski definition) is 1. The van der Waals surface area contributed by atoms with Crippen molar-refractivity contribution in [3.8, 4) is 0 Å². The van der Waals surface area contributed by atoms with Crippen LogP contribution in [0.3, 0.4) is 0 Å². The van der Waals surface area contributed by atoms with Gasteiger partial charge in [-0.15, -0.1) is 0 Å². The number of nitrogens with one attached hydrogen (secondary N) is 1. The minimum atomic E-state index is 0.757. The van der Waals surface area contributed by atoms with Crippen LogP contribution in [-0.2, 0) is 0 Å². The van der Waals surface area contributed by atoms with Crippen molar-refractivity contribution in [2.45, 2.75) is 64.5 Å². The summed E-state index contributed by atoms with van der Waals surface area (Å²) in [5, 5.41) is 3.84. The van der Waals surface area contributed by atoms with Gasteiger partial charge in [-0.3, -0.25) is 4.90 Å². The summed E-state index contributed by atoms with van der Waals surface area (Å²) in [5.41, 5.74) is 0. The lowest BCUT2D eigenvalue weighted by Crippen LogP contribution is -2.45. The minimum absolute atomic E-state index is 0.757. The maximum absolute atomic E-state index is 3.84. The van der Waals surface area contributed by atoms with E-state index in [-0.39, 0.29) is 0 Å². The highest BCUT2D eigenvalue weighted by atomic mass is 15.2. The first-order chi connectivity index (χ1) is 9.70. The zero-order valence-electron chi connectivity index (χ0n) is 13.9. The molecule has 0 aromatic carbocycles. The number of nitrogens with zero attached hydrogens (tertiary/aromatic N) is 2. The molecule has 1 aliphatic heterocycles. The van der Waals surface area contributed by atoms with Crippen molar-refractivity contribution >= 4 is 0 Å². The van der Waals surface area contributed by atoms with Crippen LogP contribution in [0.1, 0.15) is 52.4 Å². The molecule has 0 radical (unpaired) electrons. The number of rotatable bonds is 5. The van der Waals surface area contributed by atoms with Gasteiger partial charge < -0.3 is 10.2 Å². The molecule has 118 valence electrons. The number of likely N-dealkylation sites (N-methyl/N-ethyl adjacent to an activating group) is 1. The van der Waals surface area contributed by atoms with E-state index in [1.54, 1.807) is 0 Å². The topological polar surface area (TPSA) is 18.5 Å². The second kappa shape index (κ2) is 8.35. The van der Waals surface area contributed by atoms with Gasteiger partial charge in [0.15, 0.2) is 0 Å². The molecular weight excluding hydrogens is 246 g/mol. The Morgan fingerprint density at radius 1 is 1.10 bits per heavy atom. The van der Waals surface area contributed by atoms with Crippen LogP contribution in [0.5, 0.6) is 0 Å². The zero-order chi connectivity index (χ0) is 14.4. The summed E-state index contributed by atoms with van der Waals surface area (Å²) in [6.45, 7) is 11.0. The van der Waals surface area contributed by atoms with E-state index in [9.17, 15) is 0 Å². The first kappa shape index (κ1) is 16.3. The van der Waals surface area contributed by atoms with Crippen molar-refractivity contribution in [1.29, 1.82) is 0 Å². The molecule has 3 atom stereocenters. The monoisotopic (exact) mass is 281 g/mol. The lowest BCUT2D eigenvalue weighted by atomic mass is 9.86. The van der Waals surface area contributed by atoms with Gasteiger partial charge in [0.05, 0.1) is 0 Å². The maximum atomic E-state index is 3.84. The molecule has 0 aromatic heterocycles. The van der Waals surface area contributed by atoms with Gasteiger partial charge in [-0.25, -0.2) is 0 Å². The Hall–Kier alpha value is -0.120. The molecule has 1 saturated carbocycles. The SMILES string of the molecule is CCC1CN(C)CCCN1CCNC1CCCCC1C. The summed E-state index contributed by atoms with van der Waals surface area (Å²) in [6, 6.07) is 1.53. The summed E-state index contributed by atoms with van der Waals surface area (Å²) < 4.78 is 0. The van der Waals surface area contributed by atoms with Gasteiger partial charge in [0.25, 0.3) is 0 Å². The van der Waals surface area contributed by atoms with E-state index >= 15 is 0 Å². The molecule has 3 unspecified atom stereocenters. The molecule has 0 spiro atoms. The lowest BCUT2D eigenvalue weighted by Gasteiger charge is -2.33. The Kier molecular flexibility index (Phi) is 6.79. The van der Waals surface area contributed by atoms with E-state index in [0.29, 0.717) is 0 Å². The smallest absolute Gasteiger partial charge is 0.0220 e. The van der Waals surface area contributed by atoms with E-state index in [2.05, 4.69) is 36.0 Å². The van der Waals surface area contributed by atoms with Crippen LogP contribution in [-0.4, -0.2) is 61.7 Å². The summed E-state index contributed by atoms with van der Waals surface area (Å²) in [4.78, 5) is 5.23. The fourth-order valence-corrected chi connectivity index (χ4v) is 3.99. The minimum Gasteiger partial charge on any atom is -0.312 e. The van der Waals surface area contributed by atoms with E-state index in [4.69, 9.17) is 0 Å². The lowest BCUT2D eigenvalue weighted by molar-refractivity contribution is 0.176. The highest BCUT2D eigenvalue weighted by molar-refractivity contribution is 4.81. The van der Waals surface area contributed by atoms with Gasteiger partial charge in [0.2, 0.25) is 0 Å². The second-order valence-corrected chi connectivity index (χ2v) is 7.04. The second-order valence-electron chi connectivity index (χ2n) is 7.04. The van der Waals surface area contributed by atoms with Gasteiger partial charge in [-0.05, 0) is 51.7 Å². The molecule has 0 aromatic rings. The largest absolute Gasteiger partial charge is 0.312 e. The molecular formula is C17H35N3. The predicted molar refractivity (Wildman–Crippen MR) is 87.2 cm³/mol. The third kappa shape index (κ3) is 4.71. The highest BCUT2D eigenvalue weighted by Crippen LogP contribution is 2.23. The summed E-state index contributed by atoms with van der Waals surface area (Å²) >= 11 is 0. The van der Waals surface area contributed by atoms with E-state index < -0.39 is 0 Å². The Bertz CT molecular complexity index is 269. The van der Waals surface area contributed by atoms with Gasteiger partial charge in [-0.1, -0.05) is 26.7 Å². The first-order valence-corrected chi connectivity index (χ1v) is 8.86. The Balaban J connectivity index is 1.73. The standard InChI is InChI=1S/C17H35N3/c1-4-16-14-19(3)11-7-12-20(16)13-10-18-17-9-6-5-8-15(17)2/h15-18H,4-14H2,1-3H3. The average Bonchev–Trinajstić information content (AvgIpc) is 2.62. The van der Waals surface area contributed by atoms with Crippen molar-refractivity contribution < 1.29 is 0 Å². The molecule has 3 heteroatoms. The van der Waals surface area contributed by atoms with Crippen LogP contribution >= 0.6 is 0 Å². The molecule has 1 aliphatic carbocycles. The number of hydrogen-bond acceptors (Lipinski definition) is 3. The fraction of sp³-hybridized carbons (Fsp3) is 1.00. The van der Waals surface area contributed by atoms with Crippen molar-refractivity contribution in [1.82, 2.24) is 15.1 Å². The van der Waals surface area contributed by atoms with Crippen molar-refractivity contribution in [3.05, 3.63) is 0 Å². The van der Waals surface area contributed by atoms with Gasteiger partial charge >= 0.3 is 0 Å². The van der Waals surface area contributed by atoms with Crippen molar-refractivity contribution in [2.24, 2.45) is 5.92 Å². The van der Waals surface area contributed by atoms with Crippen LogP contribution in [0.25, 0.3) is 0 Å². The van der Waals surface area contributed by atoms with Crippen LogP contribution in [0, 0.1) is 5.92 Å². The van der Waals surface area contributed by atoms with E-state index in [1.807, 2.05) is 0 Å². The molecule has 20 heavy (non-hydrogen) atoms. The molecule has 2 rings (SSSR count). The molecule has 2 fully saturated rings. The Labute approximate surface area is 126 Å². The molecule has 1 N–H and O–H groups in total. The zero-order valence-corrected chi connectivity index (χ0v) is 13.9. The maximum Gasteiger partial charge on any atom is 0.0220 e. The fourth-order valence-electron chi connectivity index (χ4n) is 3.99. The quantitative estimate of drug-likeness (QED) is 0.835. The third-order valence-electron chi connectivity index (χ3n) is 5.41. The summed E-state index contributed by atoms with van der Waals surface area (Å²) in [6.07, 6.45) is 8.28. The molecule has 3 nitrogen and oxygen atoms in total. The Morgan fingerprint density at radius 2 is 1.90 bits per heavy atom. The van der Waals surface area contributed by atoms with Crippen molar-refractivity contribution in [3.63, 3.8) is 0 Å². The average molecular weight is 281 g/mol. The van der Waals surface area contributed by atoms with Crippen molar-refractivity contribution in [2.75, 3.05) is 39.8 Å². The third-order valence-corrected chi connectivity index (χ3v) is 5.41. The molecule has 0 bridgehead atoms. The highest BCUT2D eigenvalue weighted by Gasteiger charge is 2.23. The molecule has 1 heterocycles. The Morgan fingerprint density at radius 3 is 2.65 bits per heavy atom. The summed E-state index contributed by atoms with van der Waals surface area (Å²) in [7, 11) is 2.27. The normalized spacial score (nSPS) is 34.0. The van der Waals surface area contributed by atoms with Gasteiger partial charge in [0, 0.05) is 31.7 Å². The van der Waals surface area contributed by atoms with Gasteiger partial charge in [0.1, 0.15) is 0 Å². The summed E-state index contributed by atoms with van der Waals surface area (Å²) in [5.74, 6) is 0.876. The van der Waals surface area contributed by atoms with E-state index in [1.165, 1.54) is 71.2 Å². The first-order valence-electron chi connectivity index (χ1n) is 8.86. The molecule has 1 saturated heterocycles. The predicted octanol–water partition coefficient (Wildman–Crippen LogP) is 2.57. The van der Waals surface area contributed by atoms with E-state index in [0.717, 1.165) is 18.0 Å².